The van der Waals surface area contributed by atoms with Crippen LogP contribution in [0.4, 0.5) is 0 Å². The fourth-order valence-corrected chi connectivity index (χ4v) is 3.94. The van der Waals surface area contributed by atoms with E-state index in [0.717, 1.165) is 44.7 Å². The number of piperidine rings is 1. The SMILES string of the molecule is O=C([C@@H]1C[C@@H]2OCC[C@@H]2N(Cc2ccccn2)C1)N1CCCO1. The van der Waals surface area contributed by atoms with Crippen molar-refractivity contribution in [1.82, 2.24) is 14.9 Å². The summed E-state index contributed by atoms with van der Waals surface area (Å²) in [7, 11) is 0. The number of carbonyl (C=O) groups is 1. The zero-order chi connectivity index (χ0) is 15.6. The topological polar surface area (TPSA) is 54.9 Å². The van der Waals surface area contributed by atoms with Crippen LogP contribution in [0.1, 0.15) is 25.0 Å². The summed E-state index contributed by atoms with van der Waals surface area (Å²) in [5.41, 5.74) is 1.05. The van der Waals surface area contributed by atoms with Gasteiger partial charge in [-0.25, -0.2) is 5.06 Å². The van der Waals surface area contributed by atoms with E-state index < -0.39 is 0 Å². The quantitative estimate of drug-likeness (QED) is 0.839. The Kier molecular flexibility index (Phi) is 4.29. The average Bonchev–Trinajstić information content (AvgIpc) is 3.26. The molecule has 6 nitrogen and oxygen atoms in total. The minimum Gasteiger partial charge on any atom is -0.377 e. The lowest BCUT2D eigenvalue weighted by Gasteiger charge is -2.40. The second-order valence-electron chi connectivity index (χ2n) is 6.58. The van der Waals surface area contributed by atoms with E-state index in [1.54, 1.807) is 5.06 Å². The summed E-state index contributed by atoms with van der Waals surface area (Å²) in [5, 5.41) is 1.55. The minimum absolute atomic E-state index is 0.0452. The monoisotopic (exact) mass is 317 g/mol. The molecule has 3 fully saturated rings. The maximum absolute atomic E-state index is 12.7. The lowest BCUT2D eigenvalue weighted by atomic mass is 9.89. The summed E-state index contributed by atoms with van der Waals surface area (Å²) in [6.07, 6.45) is 4.76. The number of hydroxylamine groups is 2. The van der Waals surface area contributed by atoms with Crippen LogP contribution in [-0.4, -0.2) is 59.3 Å². The fraction of sp³-hybridized carbons (Fsp3) is 0.647. The molecular weight excluding hydrogens is 294 g/mol. The Morgan fingerprint density at radius 2 is 2.30 bits per heavy atom. The number of amides is 1. The van der Waals surface area contributed by atoms with Crippen molar-refractivity contribution in [2.45, 2.75) is 38.0 Å². The molecule has 23 heavy (non-hydrogen) atoms. The van der Waals surface area contributed by atoms with Gasteiger partial charge in [-0.3, -0.25) is 19.5 Å². The number of aromatic nitrogens is 1. The molecule has 0 unspecified atom stereocenters. The molecule has 1 aromatic rings. The number of likely N-dealkylation sites (tertiary alicyclic amines) is 1. The molecule has 0 aromatic carbocycles. The highest BCUT2D eigenvalue weighted by Crippen LogP contribution is 2.33. The molecule has 1 amide bonds. The van der Waals surface area contributed by atoms with Gasteiger partial charge in [0.1, 0.15) is 0 Å². The number of pyridine rings is 1. The Balaban J connectivity index is 1.49. The largest absolute Gasteiger partial charge is 0.377 e. The number of hydrogen-bond donors (Lipinski definition) is 0. The molecule has 3 aliphatic rings. The van der Waals surface area contributed by atoms with Crippen molar-refractivity contribution in [2.75, 3.05) is 26.3 Å². The average molecular weight is 317 g/mol. The van der Waals surface area contributed by atoms with Gasteiger partial charge in [-0.15, -0.1) is 0 Å². The Morgan fingerprint density at radius 3 is 3.09 bits per heavy atom. The molecule has 0 radical (unpaired) electrons. The molecular formula is C17H23N3O3. The first-order valence-electron chi connectivity index (χ1n) is 8.51. The lowest BCUT2D eigenvalue weighted by Crippen LogP contribution is -2.52. The second-order valence-corrected chi connectivity index (χ2v) is 6.58. The Morgan fingerprint density at radius 1 is 1.35 bits per heavy atom. The Hall–Kier alpha value is -1.50. The number of rotatable bonds is 3. The van der Waals surface area contributed by atoms with Crippen LogP contribution in [0.25, 0.3) is 0 Å². The van der Waals surface area contributed by atoms with Crippen molar-refractivity contribution in [3.05, 3.63) is 30.1 Å². The summed E-state index contributed by atoms with van der Waals surface area (Å²) in [6, 6.07) is 6.38. The van der Waals surface area contributed by atoms with E-state index in [9.17, 15) is 4.79 Å². The van der Waals surface area contributed by atoms with Crippen molar-refractivity contribution in [3.63, 3.8) is 0 Å². The first-order chi connectivity index (χ1) is 11.3. The molecule has 3 aliphatic heterocycles. The molecule has 0 spiro atoms. The van der Waals surface area contributed by atoms with Crippen molar-refractivity contribution < 1.29 is 14.4 Å². The van der Waals surface area contributed by atoms with Gasteiger partial charge in [0, 0.05) is 31.9 Å². The smallest absolute Gasteiger partial charge is 0.250 e. The van der Waals surface area contributed by atoms with E-state index in [1.807, 2.05) is 24.4 Å². The van der Waals surface area contributed by atoms with Crippen molar-refractivity contribution in [2.24, 2.45) is 5.92 Å². The van der Waals surface area contributed by atoms with Crippen LogP contribution in [-0.2, 0) is 20.9 Å². The normalized spacial score (nSPS) is 31.3. The number of carbonyl (C=O) groups excluding carboxylic acids is 1. The van der Waals surface area contributed by atoms with E-state index in [2.05, 4.69) is 9.88 Å². The van der Waals surface area contributed by atoms with Gasteiger partial charge < -0.3 is 4.74 Å². The van der Waals surface area contributed by atoms with Crippen LogP contribution in [0, 0.1) is 5.92 Å². The summed E-state index contributed by atoms with van der Waals surface area (Å²) in [6.45, 7) is 3.69. The van der Waals surface area contributed by atoms with Crippen LogP contribution in [0.15, 0.2) is 24.4 Å². The summed E-state index contributed by atoms with van der Waals surface area (Å²) in [5.74, 6) is 0.0682. The van der Waals surface area contributed by atoms with Crippen molar-refractivity contribution in [1.29, 1.82) is 0 Å². The Labute approximate surface area is 136 Å². The predicted molar refractivity (Wildman–Crippen MR) is 83.2 cm³/mol. The summed E-state index contributed by atoms with van der Waals surface area (Å²) >= 11 is 0. The molecule has 124 valence electrons. The Bertz CT molecular complexity index is 547. The van der Waals surface area contributed by atoms with Crippen LogP contribution < -0.4 is 0 Å². The van der Waals surface area contributed by atoms with Gasteiger partial charge >= 0.3 is 0 Å². The van der Waals surface area contributed by atoms with Gasteiger partial charge in [-0.2, -0.15) is 0 Å². The number of nitrogens with zero attached hydrogens (tertiary/aromatic N) is 3. The molecule has 1 aromatic heterocycles. The second kappa shape index (κ2) is 6.55. The van der Waals surface area contributed by atoms with Gasteiger partial charge in [0.15, 0.2) is 0 Å². The standard InChI is InChI=1S/C17H23N3O3/c21-17(20-7-3-8-23-20)13-10-16-15(5-9-22-16)19(11-13)12-14-4-1-2-6-18-14/h1-2,4,6,13,15-16H,3,5,7-12H2/t13-,15+,16+/m1/s1. The lowest BCUT2D eigenvalue weighted by molar-refractivity contribution is -0.177. The van der Waals surface area contributed by atoms with Gasteiger partial charge in [0.2, 0.25) is 0 Å². The zero-order valence-electron chi connectivity index (χ0n) is 13.3. The van der Waals surface area contributed by atoms with E-state index in [0.29, 0.717) is 19.2 Å². The van der Waals surface area contributed by atoms with E-state index in [1.165, 1.54) is 0 Å². The summed E-state index contributed by atoms with van der Waals surface area (Å²) < 4.78 is 5.89. The highest BCUT2D eigenvalue weighted by atomic mass is 16.7. The molecule has 4 heterocycles. The molecule has 0 bridgehead atoms. The van der Waals surface area contributed by atoms with Gasteiger partial charge in [0.25, 0.3) is 5.91 Å². The number of ether oxygens (including phenoxy) is 1. The van der Waals surface area contributed by atoms with E-state index in [4.69, 9.17) is 9.57 Å². The maximum Gasteiger partial charge on any atom is 0.250 e. The molecule has 4 rings (SSSR count). The van der Waals surface area contributed by atoms with Gasteiger partial charge in [-0.05, 0) is 31.4 Å². The third-order valence-electron chi connectivity index (χ3n) is 5.05. The first kappa shape index (κ1) is 15.1. The molecule has 3 saturated heterocycles. The minimum atomic E-state index is -0.0452. The highest BCUT2D eigenvalue weighted by Gasteiger charge is 2.43. The van der Waals surface area contributed by atoms with Gasteiger partial charge in [0.05, 0.1) is 30.9 Å². The van der Waals surface area contributed by atoms with Crippen LogP contribution in [0.5, 0.6) is 0 Å². The third-order valence-corrected chi connectivity index (χ3v) is 5.05. The van der Waals surface area contributed by atoms with Crippen molar-refractivity contribution >= 4 is 5.91 Å². The summed E-state index contributed by atoms with van der Waals surface area (Å²) in [4.78, 5) is 24.9. The predicted octanol–water partition coefficient (Wildman–Crippen LogP) is 1.22. The maximum atomic E-state index is 12.7. The highest BCUT2D eigenvalue weighted by molar-refractivity contribution is 5.78. The molecule has 3 atom stereocenters. The van der Waals surface area contributed by atoms with Crippen LogP contribution in [0.3, 0.4) is 0 Å². The molecule has 6 heteroatoms. The molecule has 0 saturated carbocycles. The molecule has 0 aliphatic carbocycles. The van der Waals surface area contributed by atoms with Crippen LogP contribution >= 0.6 is 0 Å². The van der Waals surface area contributed by atoms with Crippen molar-refractivity contribution in [3.8, 4) is 0 Å². The number of fused-ring (bicyclic) bond motifs is 1. The van der Waals surface area contributed by atoms with E-state index in [-0.39, 0.29) is 17.9 Å². The third kappa shape index (κ3) is 3.11. The van der Waals surface area contributed by atoms with E-state index >= 15 is 0 Å². The molecule has 0 N–H and O–H groups in total. The number of hydrogen-bond acceptors (Lipinski definition) is 5. The zero-order valence-corrected chi connectivity index (χ0v) is 13.3. The van der Waals surface area contributed by atoms with Crippen LogP contribution in [0.2, 0.25) is 0 Å². The first-order valence-corrected chi connectivity index (χ1v) is 8.51. The van der Waals surface area contributed by atoms with Gasteiger partial charge in [-0.1, -0.05) is 6.07 Å². The fourth-order valence-electron chi connectivity index (χ4n) is 3.94.